The number of benzene rings is 2. The molecule has 0 spiro atoms. The summed E-state index contributed by atoms with van der Waals surface area (Å²) in [6.07, 6.45) is 1.11. The van der Waals surface area contributed by atoms with E-state index in [1.807, 2.05) is 0 Å². The Balaban J connectivity index is 0.000000980. The molecule has 0 bridgehead atoms. The fourth-order valence-electron chi connectivity index (χ4n) is 1.78. The SMILES string of the molecule is CCc1cccc2cc(C)ccc12.N. The number of fused-ring (bicyclic) bond motifs is 1. The molecule has 2 rings (SSSR count). The minimum Gasteiger partial charge on any atom is -0.344 e. The van der Waals surface area contributed by atoms with Crippen molar-refractivity contribution in [2.24, 2.45) is 0 Å². The Morgan fingerprint density at radius 3 is 2.57 bits per heavy atom. The lowest BCUT2D eigenvalue weighted by molar-refractivity contribution is 1.16. The first-order chi connectivity index (χ1) is 6.31. The van der Waals surface area contributed by atoms with E-state index in [9.17, 15) is 0 Å². The average Bonchev–Trinajstić information content (AvgIpc) is 2.16. The van der Waals surface area contributed by atoms with Crippen LogP contribution in [0.2, 0.25) is 0 Å². The molecule has 0 saturated carbocycles. The van der Waals surface area contributed by atoms with Gasteiger partial charge in [0.05, 0.1) is 0 Å². The minimum atomic E-state index is 0. The van der Waals surface area contributed by atoms with E-state index in [1.165, 1.54) is 21.9 Å². The second kappa shape index (κ2) is 4.25. The van der Waals surface area contributed by atoms with Gasteiger partial charge in [-0.25, -0.2) is 0 Å². The first kappa shape index (κ1) is 10.7. The highest BCUT2D eigenvalue weighted by molar-refractivity contribution is 5.86. The number of hydrogen-bond donors (Lipinski definition) is 1. The van der Waals surface area contributed by atoms with Gasteiger partial charge >= 0.3 is 0 Å². The predicted octanol–water partition coefficient (Wildman–Crippen LogP) is 3.87. The van der Waals surface area contributed by atoms with E-state index < -0.39 is 0 Å². The van der Waals surface area contributed by atoms with Crippen LogP contribution in [-0.2, 0) is 6.42 Å². The van der Waals surface area contributed by atoms with Gasteiger partial charge in [0.15, 0.2) is 0 Å². The molecule has 0 heterocycles. The molecule has 0 amide bonds. The third-order valence-corrected chi connectivity index (χ3v) is 2.51. The summed E-state index contributed by atoms with van der Waals surface area (Å²) in [5, 5.41) is 2.76. The van der Waals surface area contributed by atoms with E-state index >= 15 is 0 Å². The van der Waals surface area contributed by atoms with Crippen LogP contribution in [0.25, 0.3) is 10.8 Å². The Morgan fingerprint density at radius 1 is 1.07 bits per heavy atom. The van der Waals surface area contributed by atoms with Crippen LogP contribution >= 0.6 is 0 Å². The molecule has 0 aliphatic carbocycles. The Labute approximate surface area is 85.3 Å². The lowest BCUT2D eigenvalue weighted by Gasteiger charge is -2.04. The van der Waals surface area contributed by atoms with E-state index in [4.69, 9.17) is 0 Å². The van der Waals surface area contributed by atoms with Crippen molar-refractivity contribution in [3.8, 4) is 0 Å². The van der Waals surface area contributed by atoms with Gasteiger partial charge in [-0.2, -0.15) is 0 Å². The molecule has 0 aromatic heterocycles. The zero-order valence-corrected chi connectivity index (χ0v) is 8.88. The summed E-state index contributed by atoms with van der Waals surface area (Å²) in [7, 11) is 0. The molecule has 74 valence electrons. The molecular weight excluding hydrogens is 170 g/mol. The molecule has 1 heteroatoms. The van der Waals surface area contributed by atoms with Gasteiger partial charge in [0, 0.05) is 0 Å². The molecule has 14 heavy (non-hydrogen) atoms. The summed E-state index contributed by atoms with van der Waals surface area (Å²) in [5.74, 6) is 0. The average molecular weight is 187 g/mol. The highest BCUT2D eigenvalue weighted by atomic mass is 14.0. The van der Waals surface area contributed by atoms with Gasteiger partial charge < -0.3 is 6.15 Å². The number of aryl methyl sites for hydroxylation is 2. The zero-order valence-electron chi connectivity index (χ0n) is 8.88. The highest BCUT2D eigenvalue weighted by Gasteiger charge is 1.97. The maximum Gasteiger partial charge on any atom is -0.0152 e. The molecule has 0 aliphatic rings. The summed E-state index contributed by atoms with van der Waals surface area (Å²) in [6.45, 7) is 4.34. The molecule has 0 saturated heterocycles. The van der Waals surface area contributed by atoms with Gasteiger partial charge in [0.25, 0.3) is 0 Å². The molecular formula is C13H17N. The van der Waals surface area contributed by atoms with Gasteiger partial charge in [-0.1, -0.05) is 48.9 Å². The molecule has 3 N–H and O–H groups in total. The van der Waals surface area contributed by atoms with E-state index in [0.717, 1.165) is 6.42 Å². The standard InChI is InChI=1S/C13H14.H3N/c1-3-11-5-4-6-12-9-10(2)7-8-13(11)12;/h4-9H,3H2,1-2H3;1H3. The van der Waals surface area contributed by atoms with Crippen LogP contribution in [-0.4, -0.2) is 0 Å². The van der Waals surface area contributed by atoms with Crippen LogP contribution in [0.5, 0.6) is 0 Å². The predicted molar refractivity (Wildman–Crippen MR) is 63.1 cm³/mol. The lowest BCUT2D eigenvalue weighted by atomic mass is 10.0. The number of rotatable bonds is 1. The normalized spacial score (nSPS) is 9.86. The van der Waals surface area contributed by atoms with E-state index in [1.54, 1.807) is 0 Å². The zero-order chi connectivity index (χ0) is 9.26. The highest BCUT2D eigenvalue weighted by Crippen LogP contribution is 2.20. The first-order valence-corrected chi connectivity index (χ1v) is 4.79. The van der Waals surface area contributed by atoms with E-state index in [2.05, 4.69) is 50.2 Å². The molecule has 2 aromatic carbocycles. The third kappa shape index (κ3) is 1.78. The van der Waals surface area contributed by atoms with Gasteiger partial charge in [0.1, 0.15) is 0 Å². The van der Waals surface area contributed by atoms with Crippen molar-refractivity contribution < 1.29 is 0 Å². The second-order valence-electron chi connectivity index (χ2n) is 3.50. The van der Waals surface area contributed by atoms with Gasteiger partial charge in [-0.05, 0) is 29.7 Å². The van der Waals surface area contributed by atoms with Crippen LogP contribution in [0.4, 0.5) is 0 Å². The van der Waals surface area contributed by atoms with Crippen molar-refractivity contribution >= 4 is 10.8 Å². The van der Waals surface area contributed by atoms with Gasteiger partial charge in [-0.3, -0.25) is 0 Å². The van der Waals surface area contributed by atoms with Crippen molar-refractivity contribution in [3.63, 3.8) is 0 Å². The fraction of sp³-hybridized carbons (Fsp3) is 0.231. The summed E-state index contributed by atoms with van der Waals surface area (Å²) in [4.78, 5) is 0. The summed E-state index contributed by atoms with van der Waals surface area (Å²) >= 11 is 0. The van der Waals surface area contributed by atoms with Crippen molar-refractivity contribution in [1.29, 1.82) is 0 Å². The van der Waals surface area contributed by atoms with Gasteiger partial charge in [0.2, 0.25) is 0 Å². The Morgan fingerprint density at radius 2 is 1.86 bits per heavy atom. The minimum absolute atomic E-state index is 0. The van der Waals surface area contributed by atoms with Crippen molar-refractivity contribution in [3.05, 3.63) is 47.5 Å². The smallest absolute Gasteiger partial charge is 0.0152 e. The maximum atomic E-state index is 2.24. The Bertz CT molecular complexity index is 432. The Kier molecular flexibility index (Phi) is 3.26. The third-order valence-electron chi connectivity index (χ3n) is 2.51. The topological polar surface area (TPSA) is 35.0 Å². The summed E-state index contributed by atoms with van der Waals surface area (Å²) in [6, 6.07) is 13.2. The molecule has 0 unspecified atom stereocenters. The van der Waals surface area contributed by atoms with Crippen LogP contribution in [0.15, 0.2) is 36.4 Å². The summed E-state index contributed by atoms with van der Waals surface area (Å²) in [5.41, 5.74) is 2.78. The van der Waals surface area contributed by atoms with Crippen molar-refractivity contribution in [1.82, 2.24) is 6.15 Å². The van der Waals surface area contributed by atoms with Crippen LogP contribution in [0.1, 0.15) is 18.1 Å². The number of hydrogen-bond acceptors (Lipinski definition) is 1. The lowest BCUT2D eigenvalue weighted by Crippen LogP contribution is -1.83. The molecule has 2 aromatic rings. The Hall–Kier alpha value is -1.34. The quantitative estimate of drug-likeness (QED) is 0.722. The fourth-order valence-corrected chi connectivity index (χ4v) is 1.78. The van der Waals surface area contributed by atoms with Crippen molar-refractivity contribution in [2.45, 2.75) is 20.3 Å². The molecule has 0 aliphatic heterocycles. The van der Waals surface area contributed by atoms with Gasteiger partial charge in [-0.15, -0.1) is 0 Å². The summed E-state index contributed by atoms with van der Waals surface area (Å²) < 4.78 is 0. The molecule has 1 nitrogen and oxygen atoms in total. The van der Waals surface area contributed by atoms with Crippen LogP contribution in [0, 0.1) is 6.92 Å². The van der Waals surface area contributed by atoms with Crippen LogP contribution < -0.4 is 6.15 Å². The van der Waals surface area contributed by atoms with Crippen molar-refractivity contribution in [2.75, 3.05) is 0 Å². The molecule has 0 radical (unpaired) electrons. The monoisotopic (exact) mass is 187 g/mol. The molecule has 0 atom stereocenters. The van der Waals surface area contributed by atoms with E-state index in [0.29, 0.717) is 0 Å². The first-order valence-electron chi connectivity index (χ1n) is 4.79. The van der Waals surface area contributed by atoms with E-state index in [-0.39, 0.29) is 6.15 Å². The largest absolute Gasteiger partial charge is 0.344 e. The maximum absolute atomic E-state index is 2.24. The molecule has 0 fully saturated rings. The van der Waals surface area contributed by atoms with Crippen LogP contribution in [0.3, 0.4) is 0 Å². The second-order valence-corrected chi connectivity index (χ2v) is 3.50.